The van der Waals surface area contributed by atoms with Crippen molar-refractivity contribution in [1.82, 2.24) is 9.97 Å². The fourth-order valence-electron chi connectivity index (χ4n) is 1.31. The number of nitrogens with zero attached hydrogens (tertiary/aromatic N) is 2. The van der Waals surface area contributed by atoms with Crippen molar-refractivity contribution < 1.29 is 13.9 Å². The summed E-state index contributed by atoms with van der Waals surface area (Å²) in [7, 11) is 1.43. The predicted molar refractivity (Wildman–Crippen MR) is 63.9 cm³/mol. The van der Waals surface area contributed by atoms with Gasteiger partial charge in [0.1, 0.15) is 17.9 Å². The number of anilines is 2. The molecule has 0 bridgehead atoms. The molecular formula is C11H11FN4O2. The van der Waals surface area contributed by atoms with Crippen molar-refractivity contribution in [2.45, 2.75) is 0 Å². The van der Waals surface area contributed by atoms with Crippen LogP contribution in [-0.4, -0.2) is 17.1 Å². The molecule has 0 aliphatic heterocycles. The largest absolute Gasteiger partial charge is 0.479 e. The maximum Gasteiger partial charge on any atom is 0.249 e. The summed E-state index contributed by atoms with van der Waals surface area (Å²) in [5.74, 6) is 0.125. The number of hydrogen-bond acceptors (Lipinski definition) is 6. The number of ether oxygens (including phenoxy) is 2. The van der Waals surface area contributed by atoms with Crippen LogP contribution in [0.2, 0.25) is 0 Å². The standard InChI is InChI=1S/C11H11FN4O2/c1-17-10-9(14)11(16-5-15-10)18-6-2-3-7(12)8(13)4-6/h2-5H,13-14H2,1H3. The van der Waals surface area contributed by atoms with E-state index in [4.69, 9.17) is 20.9 Å². The number of benzene rings is 1. The van der Waals surface area contributed by atoms with E-state index < -0.39 is 5.82 Å². The molecule has 94 valence electrons. The summed E-state index contributed by atoms with van der Waals surface area (Å²) in [5, 5.41) is 0. The van der Waals surface area contributed by atoms with Crippen LogP contribution < -0.4 is 20.9 Å². The molecule has 0 fully saturated rings. The average Bonchev–Trinajstić information content (AvgIpc) is 2.36. The van der Waals surface area contributed by atoms with E-state index in [0.717, 1.165) is 0 Å². The van der Waals surface area contributed by atoms with Crippen molar-refractivity contribution >= 4 is 11.4 Å². The van der Waals surface area contributed by atoms with Gasteiger partial charge in [-0.25, -0.2) is 4.39 Å². The maximum atomic E-state index is 13.0. The summed E-state index contributed by atoms with van der Waals surface area (Å²) in [6, 6.07) is 3.95. The third kappa shape index (κ3) is 2.24. The lowest BCUT2D eigenvalue weighted by Crippen LogP contribution is -2.01. The summed E-state index contributed by atoms with van der Waals surface area (Å²) in [6.45, 7) is 0. The molecule has 4 N–H and O–H groups in total. The number of aromatic nitrogens is 2. The molecule has 1 heterocycles. The first kappa shape index (κ1) is 11.9. The lowest BCUT2D eigenvalue weighted by atomic mass is 10.3. The van der Waals surface area contributed by atoms with E-state index in [1.54, 1.807) is 0 Å². The van der Waals surface area contributed by atoms with Crippen LogP contribution in [0.4, 0.5) is 15.8 Å². The zero-order valence-corrected chi connectivity index (χ0v) is 9.55. The van der Waals surface area contributed by atoms with Gasteiger partial charge in [-0.3, -0.25) is 0 Å². The van der Waals surface area contributed by atoms with E-state index in [1.165, 1.54) is 31.6 Å². The second-order valence-electron chi connectivity index (χ2n) is 3.39. The van der Waals surface area contributed by atoms with Gasteiger partial charge >= 0.3 is 0 Å². The third-order valence-electron chi connectivity index (χ3n) is 2.19. The Morgan fingerprint density at radius 1 is 1.17 bits per heavy atom. The second kappa shape index (κ2) is 4.74. The fraction of sp³-hybridized carbons (Fsp3) is 0.0909. The van der Waals surface area contributed by atoms with Gasteiger partial charge in [-0.15, -0.1) is 0 Å². The number of rotatable bonds is 3. The summed E-state index contributed by atoms with van der Waals surface area (Å²) in [6.07, 6.45) is 1.25. The normalized spacial score (nSPS) is 10.1. The average molecular weight is 250 g/mol. The van der Waals surface area contributed by atoms with Crippen molar-refractivity contribution in [3.8, 4) is 17.5 Å². The molecule has 6 nitrogen and oxygen atoms in total. The molecule has 0 spiro atoms. The van der Waals surface area contributed by atoms with Crippen LogP contribution in [0.1, 0.15) is 0 Å². The van der Waals surface area contributed by atoms with Crippen molar-refractivity contribution in [2.24, 2.45) is 0 Å². The molecule has 18 heavy (non-hydrogen) atoms. The Morgan fingerprint density at radius 2 is 1.89 bits per heavy atom. The summed E-state index contributed by atoms with van der Waals surface area (Å²) >= 11 is 0. The minimum atomic E-state index is -0.518. The first-order valence-corrected chi connectivity index (χ1v) is 4.99. The maximum absolute atomic E-state index is 13.0. The minimum absolute atomic E-state index is 0.0212. The molecule has 0 atom stereocenters. The van der Waals surface area contributed by atoms with Gasteiger partial charge in [0.25, 0.3) is 0 Å². The number of methoxy groups -OCH3 is 1. The first-order chi connectivity index (χ1) is 8.61. The highest BCUT2D eigenvalue weighted by atomic mass is 19.1. The molecule has 0 saturated carbocycles. The van der Waals surface area contributed by atoms with Crippen LogP contribution in [0.25, 0.3) is 0 Å². The number of nitrogens with two attached hydrogens (primary N) is 2. The predicted octanol–water partition coefficient (Wildman–Crippen LogP) is 1.58. The van der Waals surface area contributed by atoms with Crippen LogP contribution in [0, 0.1) is 5.82 Å². The Hall–Kier alpha value is -2.57. The van der Waals surface area contributed by atoms with Crippen LogP contribution in [-0.2, 0) is 0 Å². The van der Waals surface area contributed by atoms with Crippen molar-refractivity contribution in [1.29, 1.82) is 0 Å². The van der Waals surface area contributed by atoms with Crippen LogP contribution in [0.3, 0.4) is 0 Å². The Labute approximate surface area is 102 Å². The summed E-state index contributed by atoms with van der Waals surface area (Å²) < 4.78 is 23.3. The molecule has 0 aliphatic rings. The molecule has 0 radical (unpaired) electrons. The smallest absolute Gasteiger partial charge is 0.249 e. The van der Waals surface area contributed by atoms with E-state index in [-0.39, 0.29) is 23.1 Å². The topological polar surface area (TPSA) is 96.3 Å². The van der Waals surface area contributed by atoms with E-state index >= 15 is 0 Å². The lowest BCUT2D eigenvalue weighted by Gasteiger charge is -2.09. The van der Waals surface area contributed by atoms with Crippen LogP contribution >= 0.6 is 0 Å². The molecule has 0 saturated heterocycles. The van der Waals surface area contributed by atoms with Crippen LogP contribution in [0.15, 0.2) is 24.5 Å². The van der Waals surface area contributed by atoms with Gasteiger partial charge in [0, 0.05) is 6.07 Å². The molecule has 2 aromatic rings. The zero-order chi connectivity index (χ0) is 13.1. The molecule has 2 rings (SSSR count). The quantitative estimate of drug-likeness (QED) is 0.803. The van der Waals surface area contributed by atoms with Gasteiger partial charge in [0.2, 0.25) is 11.8 Å². The summed E-state index contributed by atoms with van der Waals surface area (Å²) in [5.41, 5.74) is 11.3. The molecule has 1 aromatic heterocycles. The highest BCUT2D eigenvalue weighted by molar-refractivity contribution is 5.57. The van der Waals surface area contributed by atoms with Gasteiger partial charge in [-0.1, -0.05) is 0 Å². The number of hydrogen-bond donors (Lipinski definition) is 2. The van der Waals surface area contributed by atoms with Gasteiger partial charge in [-0.05, 0) is 12.1 Å². The minimum Gasteiger partial charge on any atom is -0.479 e. The third-order valence-corrected chi connectivity index (χ3v) is 2.19. The van der Waals surface area contributed by atoms with Crippen molar-refractivity contribution in [2.75, 3.05) is 18.6 Å². The van der Waals surface area contributed by atoms with E-state index in [2.05, 4.69) is 9.97 Å². The van der Waals surface area contributed by atoms with E-state index in [9.17, 15) is 4.39 Å². The Balaban J connectivity index is 2.31. The second-order valence-corrected chi connectivity index (χ2v) is 3.39. The molecule has 0 amide bonds. The summed E-state index contributed by atoms with van der Waals surface area (Å²) in [4.78, 5) is 7.67. The van der Waals surface area contributed by atoms with Crippen molar-refractivity contribution in [3.05, 3.63) is 30.3 Å². The van der Waals surface area contributed by atoms with Crippen LogP contribution in [0.5, 0.6) is 17.5 Å². The molecule has 0 aliphatic carbocycles. The number of nitrogen functional groups attached to an aromatic ring is 2. The zero-order valence-electron chi connectivity index (χ0n) is 9.55. The molecule has 0 unspecified atom stereocenters. The van der Waals surface area contributed by atoms with Gasteiger partial charge in [0.15, 0.2) is 5.69 Å². The fourth-order valence-corrected chi connectivity index (χ4v) is 1.31. The van der Waals surface area contributed by atoms with E-state index in [1.807, 2.05) is 0 Å². The SMILES string of the molecule is COc1ncnc(Oc2ccc(F)c(N)c2)c1N. The lowest BCUT2D eigenvalue weighted by molar-refractivity contribution is 0.391. The van der Waals surface area contributed by atoms with Gasteiger partial charge in [0.05, 0.1) is 12.8 Å². The Morgan fingerprint density at radius 3 is 2.56 bits per heavy atom. The monoisotopic (exact) mass is 250 g/mol. The number of halogens is 1. The molecule has 7 heteroatoms. The highest BCUT2D eigenvalue weighted by Crippen LogP contribution is 2.31. The van der Waals surface area contributed by atoms with Gasteiger partial charge < -0.3 is 20.9 Å². The highest BCUT2D eigenvalue weighted by Gasteiger charge is 2.11. The van der Waals surface area contributed by atoms with E-state index in [0.29, 0.717) is 5.75 Å². The molecular weight excluding hydrogens is 239 g/mol. The molecule has 1 aromatic carbocycles. The Bertz CT molecular complexity index is 577. The van der Waals surface area contributed by atoms with Gasteiger partial charge in [-0.2, -0.15) is 9.97 Å². The van der Waals surface area contributed by atoms with Crippen molar-refractivity contribution in [3.63, 3.8) is 0 Å². The Kier molecular flexibility index (Phi) is 3.13. The first-order valence-electron chi connectivity index (χ1n) is 4.99.